The quantitative estimate of drug-likeness (QED) is 0.848. The number of nitriles is 1. The van der Waals surface area contributed by atoms with Gasteiger partial charge in [0.15, 0.2) is 0 Å². The molecular formula is C18H23NO. The van der Waals surface area contributed by atoms with Crippen LogP contribution in [0, 0.1) is 28.6 Å². The van der Waals surface area contributed by atoms with Gasteiger partial charge in [0.2, 0.25) is 0 Å². The highest BCUT2D eigenvalue weighted by Gasteiger charge is 2.58. The number of aliphatic hydroxyl groups is 1. The summed E-state index contributed by atoms with van der Waals surface area (Å²) in [6.45, 7) is 4.34. The zero-order valence-corrected chi connectivity index (χ0v) is 12.4. The molecule has 3 atom stereocenters. The molecule has 0 amide bonds. The van der Waals surface area contributed by atoms with Gasteiger partial charge >= 0.3 is 0 Å². The van der Waals surface area contributed by atoms with E-state index < -0.39 is 11.0 Å². The van der Waals surface area contributed by atoms with Crippen molar-refractivity contribution >= 4 is 0 Å². The number of nitrogens with zero attached hydrogens (tertiary/aromatic N) is 1. The monoisotopic (exact) mass is 269 g/mol. The summed E-state index contributed by atoms with van der Waals surface area (Å²) in [5.74, 6) is 0.674. The second kappa shape index (κ2) is 4.60. The molecule has 2 nitrogen and oxygen atoms in total. The third-order valence-corrected chi connectivity index (χ3v) is 5.97. The van der Waals surface area contributed by atoms with Crippen molar-refractivity contribution in [2.75, 3.05) is 0 Å². The number of benzene rings is 1. The molecule has 0 radical (unpaired) electrons. The van der Waals surface area contributed by atoms with Crippen LogP contribution >= 0.6 is 0 Å². The standard InChI is InChI=1S/C18H23NO/c1-13-6-5-9-18(20,14(13)2)17(12-19)10-15-7-3-4-8-16(15)11-17/h3-4,7-8,13-14,20H,5-6,9-11H2,1-2H3. The molecule has 1 aromatic rings. The fraction of sp³-hybridized carbons (Fsp3) is 0.611. The molecule has 2 heteroatoms. The molecule has 0 spiro atoms. The molecule has 0 heterocycles. The highest BCUT2D eigenvalue weighted by atomic mass is 16.3. The number of hydrogen-bond acceptors (Lipinski definition) is 2. The van der Waals surface area contributed by atoms with E-state index in [0.29, 0.717) is 18.8 Å². The van der Waals surface area contributed by atoms with E-state index >= 15 is 0 Å². The number of hydrogen-bond donors (Lipinski definition) is 1. The molecular weight excluding hydrogens is 246 g/mol. The molecule has 0 aliphatic heterocycles. The third-order valence-electron chi connectivity index (χ3n) is 5.97. The van der Waals surface area contributed by atoms with Gasteiger partial charge in [-0.15, -0.1) is 0 Å². The van der Waals surface area contributed by atoms with Gasteiger partial charge in [-0.2, -0.15) is 5.26 Å². The Morgan fingerprint density at radius 1 is 1.20 bits per heavy atom. The van der Waals surface area contributed by atoms with Crippen LogP contribution in [0.2, 0.25) is 0 Å². The zero-order valence-electron chi connectivity index (χ0n) is 12.4. The lowest BCUT2D eigenvalue weighted by Gasteiger charge is -2.49. The van der Waals surface area contributed by atoms with Crippen molar-refractivity contribution in [2.24, 2.45) is 17.3 Å². The Hall–Kier alpha value is -1.33. The van der Waals surface area contributed by atoms with Crippen LogP contribution in [0.3, 0.4) is 0 Å². The van der Waals surface area contributed by atoms with Crippen molar-refractivity contribution in [3.05, 3.63) is 35.4 Å². The zero-order chi connectivity index (χ0) is 14.4. The van der Waals surface area contributed by atoms with Gasteiger partial charge in [-0.1, -0.05) is 51.0 Å². The normalized spacial score (nSPS) is 35.3. The van der Waals surface area contributed by atoms with Crippen LogP contribution in [0.1, 0.15) is 44.2 Å². The second-order valence-electron chi connectivity index (χ2n) is 6.90. The Labute approximate surface area is 121 Å². The number of fused-ring (bicyclic) bond motifs is 1. The lowest BCUT2D eigenvalue weighted by molar-refractivity contribution is -0.132. The molecule has 1 saturated carbocycles. The van der Waals surface area contributed by atoms with Gasteiger partial charge < -0.3 is 5.11 Å². The second-order valence-corrected chi connectivity index (χ2v) is 6.90. The molecule has 20 heavy (non-hydrogen) atoms. The van der Waals surface area contributed by atoms with Crippen LogP contribution in [0.25, 0.3) is 0 Å². The topological polar surface area (TPSA) is 44.0 Å². The summed E-state index contributed by atoms with van der Waals surface area (Å²) in [6, 6.07) is 10.8. The minimum atomic E-state index is -0.849. The summed E-state index contributed by atoms with van der Waals surface area (Å²) in [5, 5.41) is 21.3. The highest BCUT2D eigenvalue weighted by molar-refractivity contribution is 5.39. The van der Waals surface area contributed by atoms with E-state index in [1.807, 2.05) is 12.1 Å². The summed E-state index contributed by atoms with van der Waals surface area (Å²) >= 11 is 0. The summed E-state index contributed by atoms with van der Waals surface area (Å²) in [6.07, 6.45) is 4.36. The van der Waals surface area contributed by atoms with E-state index in [1.54, 1.807) is 0 Å². The Morgan fingerprint density at radius 3 is 2.35 bits per heavy atom. The van der Waals surface area contributed by atoms with E-state index in [9.17, 15) is 10.4 Å². The van der Waals surface area contributed by atoms with Gasteiger partial charge in [0, 0.05) is 0 Å². The van der Waals surface area contributed by atoms with Gasteiger partial charge in [0.05, 0.1) is 17.1 Å². The van der Waals surface area contributed by atoms with Crippen molar-refractivity contribution in [3.63, 3.8) is 0 Å². The largest absolute Gasteiger partial charge is 0.388 e. The molecule has 2 aliphatic rings. The van der Waals surface area contributed by atoms with E-state index in [1.165, 1.54) is 11.1 Å². The summed E-state index contributed by atoms with van der Waals surface area (Å²) < 4.78 is 0. The SMILES string of the molecule is CC1CCCC(O)(C2(C#N)Cc3ccccc3C2)C1C. The predicted octanol–water partition coefficient (Wildman–Crippen LogP) is 3.48. The molecule has 106 valence electrons. The predicted molar refractivity (Wildman–Crippen MR) is 79.0 cm³/mol. The molecule has 1 aromatic carbocycles. The van der Waals surface area contributed by atoms with Crippen LogP contribution < -0.4 is 0 Å². The molecule has 0 bridgehead atoms. The minimum Gasteiger partial charge on any atom is -0.388 e. The molecule has 0 saturated heterocycles. The molecule has 1 N–H and O–H groups in total. The molecule has 1 fully saturated rings. The molecule has 3 rings (SSSR count). The van der Waals surface area contributed by atoms with Crippen molar-refractivity contribution in [3.8, 4) is 6.07 Å². The van der Waals surface area contributed by atoms with E-state index in [0.717, 1.165) is 19.3 Å². The van der Waals surface area contributed by atoms with Crippen molar-refractivity contribution in [2.45, 2.75) is 51.6 Å². The summed E-state index contributed by atoms with van der Waals surface area (Å²) in [5.41, 5.74) is 1.00. The van der Waals surface area contributed by atoms with E-state index in [2.05, 4.69) is 32.0 Å². The minimum absolute atomic E-state index is 0.185. The fourth-order valence-electron chi connectivity index (χ4n) is 4.41. The van der Waals surface area contributed by atoms with Crippen LogP contribution in [0.4, 0.5) is 0 Å². The first-order valence-electron chi connectivity index (χ1n) is 7.73. The van der Waals surface area contributed by atoms with Crippen LogP contribution in [0.5, 0.6) is 0 Å². The molecule has 3 unspecified atom stereocenters. The highest BCUT2D eigenvalue weighted by Crippen LogP contribution is 2.53. The third kappa shape index (κ3) is 1.73. The van der Waals surface area contributed by atoms with Gasteiger partial charge in [-0.3, -0.25) is 0 Å². The number of rotatable bonds is 1. The van der Waals surface area contributed by atoms with Gasteiger partial charge in [-0.25, -0.2) is 0 Å². The van der Waals surface area contributed by atoms with Gasteiger partial charge in [0.1, 0.15) is 0 Å². The lowest BCUT2D eigenvalue weighted by atomic mass is 9.57. The molecule has 2 aliphatic carbocycles. The van der Waals surface area contributed by atoms with Crippen molar-refractivity contribution in [1.29, 1.82) is 5.26 Å². The van der Waals surface area contributed by atoms with Crippen molar-refractivity contribution in [1.82, 2.24) is 0 Å². The first kappa shape index (κ1) is 13.6. The van der Waals surface area contributed by atoms with Gasteiger partial charge in [-0.05, 0) is 42.2 Å². The average molecular weight is 269 g/mol. The smallest absolute Gasteiger partial charge is 0.0943 e. The first-order chi connectivity index (χ1) is 9.52. The first-order valence-corrected chi connectivity index (χ1v) is 7.73. The van der Waals surface area contributed by atoms with Crippen LogP contribution in [0.15, 0.2) is 24.3 Å². The Kier molecular flexibility index (Phi) is 3.14. The average Bonchev–Trinajstić information content (AvgIpc) is 2.85. The van der Waals surface area contributed by atoms with Crippen LogP contribution in [-0.4, -0.2) is 10.7 Å². The Balaban J connectivity index is 2.01. The maximum absolute atomic E-state index is 11.4. The van der Waals surface area contributed by atoms with Gasteiger partial charge in [0.25, 0.3) is 0 Å². The summed E-state index contributed by atoms with van der Waals surface area (Å²) in [4.78, 5) is 0. The maximum atomic E-state index is 11.4. The lowest BCUT2D eigenvalue weighted by Crippen LogP contribution is -2.56. The Bertz CT molecular complexity index is 534. The fourth-order valence-corrected chi connectivity index (χ4v) is 4.41. The summed E-state index contributed by atoms with van der Waals surface area (Å²) in [7, 11) is 0. The van der Waals surface area contributed by atoms with Crippen molar-refractivity contribution < 1.29 is 5.11 Å². The van der Waals surface area contributed by atoms with Crippen LogP contribution in [-0.2, 0) is 12.8 Å². The molecule has 0 aromatic heterocycles. The van der Waals surface area contributed by atoms with E-state index in [4.69, 9.17) is 0 Å². The maximum Gasteiger partial charge on any atom is 0.0943 e. The Morgan fingerprint density at radius 2 is 1.80 bits per heavy atom. The van der Waals surface area contributed by atoms with E-state index in [-0.39, 0.29) is 5.92 Å².